The summed E-state index contributed by atoms with van der Waals surface area (Å²) in [5.74, 6) is -0.113. The van der Waals surface area contributed by atoms with Gasteiger partial charge in [-0.05, 0) is 31.2 Å². The fourth-order valence-electron chi connectivity index (χ4n) is 2.24. The summed E-state index contributed by atoms with van der Waals surface area (Å²) in [6.45, 7) is 2.26. The maximum Gasteiger partial charge on any atom is 0.307 e. The lowest BCUT2D eigenvalue weighted by Gasteiger charge is -2.08. The Morgan fingerprint density at radius 2 is 2.09 bits per heavy atom. The molecule has 1 aromatic carbocycles. The van der Waals surface area contributed by atoms with Crippen LogP contribution in [0.15, 0.2) is 53.2 Å². The van der Waals surface area contributed by atoms with Crippen molar-refractivity contribution >= 4 is 22.9 Å². The maximum absolute atomic E-state index is 12.0. The number of nitrogens with zero attached hydrogens (tertiary/aromatic N) is 3. The minimum atomic E-state index is -0.113. The average Bonchev–Trinajstić information content (AvgIpc) is 3.17. The molecule has 118 valence electrons. The summed E-state index contributed by atoms with van der Waals surface area (Å²) in [7, 11) is 0. The minimum Gasteiger partial charge on any atom is -0.326 e. The fourth-order valence-corrected chi connectivity index (χ4v) is 3.00. The largest absolute Gasteiger partial charge is 0.326 e. The smallest absolute Gasteiger partial charge is 0.307 e. The van der Waals surface area contributed by atoms with Crippen molar-refractivity contribution in [2.24, 2.45) is 0 Å². The summed E-state index contributed by atoms with van der Waals surface area (Å²) in [6.07, 6.45) is 5.55. The lowest BCUT2D eigenvalue weighted by molar-refractivity contribution is -0.116. The van der Waals surface area contributed by atoms with Gasteiger partial charge in [0.25, 0.3) is 0 Å². The Morgan fingerprint density at radius 3 is 2.70 bits per heavy atom. The highest BCUT2D eigenvalue weighted by Gasteiger charge is 2.07. The van der Waals surface area contributed by atoms with Crippen LogP contribution < -0.4 is 10.2 Å². The molecule has 3 rings (SSSR count). The van der Waals surface area contributed by atoms with Crippen molar-refractivity contribution in [1.82, 2.24) is 14.1 Å². The average molecular weight is 328 g/mol. The van der Waals surface area contributed by atoms with E-state index in [0.29, 0.717) is 6.54 Å². The summed E-state index contributed by atoms with van der Waals surface area (Å²) >= 11 is 1.16. The molecule has 2 aromatic heterocycles. The number of carbonyl (C=O) groups is 1. The van der Waals surface area contributed by atoms with Crippen molar-refractivity contribution in [1.29, 1.82) is 0 Å². The summed E-state index contributed by atoms with van der Waals surface area (Å²) in [5, 5.41) is 4.64. The van der Waals surface area contributed by atoms with Crippen molar-refractivity contribution in [3.8, 4) is 5.69 Å². The van der Waals surface area contributed by atoms with Gasteiger partial charge in [0.15, 0.2) is 0 Å². The third kappa shape index (κ3) is 3.57. The number of nitrogens with one attached hydrogen (secondary N) is 1. The van der Waals surface area contributed by atoms with Crippen molar-refractivity contribution in [2.45, 2.75) is 19.9 Å². The zero-order chi connectivity index (χ0) is 16.2. The molecule has 0 aliphatic carbocycles. The molecule has 0 radical (unpaired) electrons. The second-order valence-electron chi connectivity index (χ2n) is 5.11. The standard InChI is InChI=1S/C16H16N4O2S/c1-12-10-23-16(22)20(12)8-6-15(21)18-13-2-4-14(5-3-13)19-9-7-17-11-19/h2-5,7,9-11H,6,8H2,1H3,(H,18,21). The molecule has 0 atom stereocenters. The molecule has 23 heavy (non-hydrogen) atoms. The van der Waals surface area contributed by atoms with Gasteiger partial charge in [-0.3, -0.25) is 9.59 Å². The molecule has 1 N–H and O–H groups in total. The molecule has 0 unspecified atom stereocenters. The predicted molar refractivity (Wildman–Crippen MR) is 90.1 cm³/mol. The number of hydrogen-bond donors (Lipinski definition) is 1. The third-order valence-corrected chi connectivity index (χ3v) is 4.37. The Balaban J connectivity index is 1.59. The molecular formula is C16H16N4O2S. The lowest BCUT2D eigenvalue weighted by Crippen LogP contribution is -2.20. The number of imidazole rings is 1. The number of aryl methyl sites for hydroxylation is 1. The van der Waals surface area contributed by atoms with Crippen molar-refractivity contribution in [2.75, 3.05) is 5.32 Å². The van der Waals surface area contributed by atoms with Crippen molar-refractivity contribution in [3.63, 3.8) is 0 Å². The van der Waals surface area contributed by atoms with Crippen LogP contribution in [0.4, 0.5) is 5.69 Å². The number of anilines is 1. The molecule has 6 nitrogen and oxygen atoms in total. The summed E-state index contributed by atoms with van der Waals surface area (Å²) in [5.41, 5.74) is 2.59. The SMILES string of the molecule is Cc1csc(=O)n1CCC(=O)Nc1ccc(-n2ccnc2)cc1. The first-order valence-electron chi connectivity index (χ1n) is 7.16. The Bertz CT molecular complexity index is 847. The predicted octanol–water partition coefficient (Wildman–Crippen LogP) is 2.43. The van der Waals surface area contributed by atoms with Crippen molar-refractivity contribution in [3.05, 3.63) is 63.7 Å². The quantitative estimate of drug-likeness (QED) is 0.782. The molecule has 0 saturated heterocycles. The van der Waals surface area contributed by atoms with Gasteiger partial charge in [0, 0.05) is 47.8 Å². The van der Waals surface area contributed by atoms with E-state index < -0.39 is 0 Å². The minimum absolute atomic E-state index is 0.0278. The summed E-state index contributed by atoms with van der Waals surface area (Å²) in [6, 6.07) is 7.50. The number of aromatic nitrogens is 3. The zero-order valence-corrected chi connectivity index (χ0v) is 13.4. The van der Waals surface area contributed by atoms with Crippen LogP contribution in [0, 0.1) is 6.92 Å². The normalized spacial score (nSPS) is 10.7. The van der Waals surface area contributed by atoms with Crippen LogP contribution in [0.1, 0.15) is 12.1 Å². The van der Waals surface area contributed by atoms with E-state index in [4.69, 9.17) is 0 Å². The van der Waals surface area contributed by atoms with Gasteiger partial charge in [0.05, 0.1) is 6.33 Å². The van der Waals surface area contributed by atoms with Gasteiger partial charge in [0.1, 0.15) is 0 Å². The van der Waals surface area contributed by atoms with Gasteiger partial charge < -0.3 is 14.5 Å². The highest BCUT2D eigenvalue weighted by atomic mass is 32.1. The van der Waals surface area contributed by atoms with Crippen LogP contribution in [-0.2, 0) is 11.3 Å². The molecule has 0 fully saturated rings. The first-order valence-corrected chi connectivity index (χ1v) is 8.04. The van der Waals surface area contributed by atoms with Gasteiger partial charge in [-0.2, -0.15) is 0 Å². The Morgan fingerprint density at radius 1 is 1.30 bits per heavy atom. The van der Waals surface area contributed by atoms with Crippen LogP contribution in [0.25, 0.3) is 5.69 Å². The Labute approximate surface area is 137 Å². The monoisotopic (exact) mass is 328 g/mol. The molecule has 0 aliphatic rings. The number of amides is 1. The second-order valence-corrected chi connectivity index (χ2v) is 5.93. The molecular weight excluding hydrogens is 312 g/mol. The Kier molecular flexibility index (Phi) is 4.38. The molecule has 3 aromatic rings. The number of hydrogen-bond acceptors (Lipinski definition) is 4. The van der Waals surface area contributed by atoms with Crippen LogP contribution in [0.3, 0.4) is 0 Å². The third-order valence-electron chi connectivity index (χ3n) is 3.49. The summed E-state index contributed by atoms with van der Waals surface area (Å²) in [4.78, 5) is 27.6. The lowest BCUT2D eigenvalue weighted by atomic mass is 10.2. The van der Waals surface area contributed by atoms with E-state index >= 15 is 0 Å². The van der Waals surface area contributed by atoms with Gasteiger partial charge in [-0.15, -0.1) is 0 Å². The van der Waals surface area contributed by atoms with Crippen LogP contribution in [0.5, 0.6) is 0 Å². The van der Waals surface area contributed by atoms with Crippen LogP contribution >= 0.6 is 11.3 Å². The van der Waals surface area contributed by atoms with Gasteiger partial charge in [0.2, 0.25) is 5.91 Å². The topological polar surface area (TPSA) is 68.9 Å². The fraction of sp³-hybridized carbons (Fsp3) is 0.188. The van der Waals surface area contributed by atoms with Crippen LogP contribution in [0.2, 0.25) is 0 Å². The van der Waals surface area contributed by atoms with Gasteiger partial charge in [-0.1, -0.05) is 11.3 Å². The maximum atomic E-state index is 12.0. The highest BCUT2D eigenvalue weighted by molar-refractivity contribution is 7.07. The molecule has 0 spiro atoms. The zero-order valence-electron chi connectivity index (χ0n) is 12.6. The molecule has 7 heteroatoms. The first kappa shape index (κ1) is 15.2. The van der Waals surface area contributed by atoms with E-state index in [9.17, 15) is 9.59 Å². The van der Waals surface area contributed by atoms with Crippen LogP contribution in [-0.4, -0.2) is 20.0 Å². The van der Waals surface area contributed by atoms with E-state index in [1.165, 1.54) is 0 Å². The summed E-state index contributed by atoms with van der Waals surface area (Å²) < 4.78 is 3.50. The van der Waals surface area contributed by atoms with E-state index in [-0.39, 0.29) is 17.2 Å². The van der Waals surface area contributed by atoms with E-state index in [2.05, 4.69) is 10.3 Å². The molecule has 0 aliphatic heterocycles. The van der Waals surface area contributed by atoms with Crippen molar-refractivity contribution < 1.29 is 4.79 Å². The molecule has 1 amide bonds. The van der Waals surface area contributed by atoms with Gasteiger partial charge in [-0.25, -0.2) is 4.98 Å². The highest BCUT2D eigenvalue weighted by Crippen LogP contribution is 2.13. The first-order chi connectivity index (χ1) is 11.1. The molecule has 0 saturated carbocycles. The van der Waals surface area contributed by atoms with Gasteiger partial charge >= 0.3 is 4.87 Å². The Hall–Kier alpha value is -2.67. The number of thiazole rings is 1. The van der Waals surface area contributed by atoms with E-state index in [1.54, 1.807) is 22.5 Å². The molecule has 0 bridgehead atoms. The second kappa shape index (κ2) is 6.62. The van der Waals surface area contributed by atoms with E-state index in [1.807, 2.05) is 42.0 Å². The number of carbonyl (C=O) groups excluding carboxylic acids is 1. The molecule has 2 heterocycles. The van der Waals surface area contributed by atoms with E-state index in [0.717, 1.165) is 28.4 Å². The number of benzene rings is 1. The number of rotatable bonds is 5.